The van der Waals surface area contributed by atoms with Crippen molar-refractivity contribution in [2.75, 3.05) is 5.43 Å². The van der Waals surface area contributed by atoms with E-state index in [2.05, 4.69) is 10.5 Å². The van der Waals surface area contributed by atoms with Crippen LogP contribution in [-0.2, 0) is 0 Å². The highest BCUT2D eigenvalue weighted by atomic mass is 16.4. The lowest BCUT2D eigenvalue weighted by atomic mass is 10.1. The number of aliphatic hydroxyl groups excluding tert-OH is 3. The number of nitrogens with zero attached hydrogens (tertiary/aromatic N) is 1. The van der Waals surface area contributed by atoms with Crippen LogP contribution in [0.5, 0.6) is 0 Å². The monoisotopic (exact) mass is 224 g/mol. The Bertz CT molecular complexity index is 327. The Hall–Kier alpha value is -1.43. The number of anilines is 1. The van der Waals surface area contributed by atoms with Gasteiger partial charge in [0.25, 0.3) is 0 Å². The Kier molecular flexibility index (Phi) is 4.91. The molecule has 4 N–H and O–H groups in total. The minimum absolute atomic E-state index is 0.775. The molecule has 0 aliphatic heterocycles. The maximum absolute atomic E-state index is 9.37. The van der Waals surface area contributed by atoms with Gasteiger partial charge in [0, 0.05) is 0 Å². The Morgan fingerprint density at radius 2 is 1.81 bits per heavy atom. The van der Waals surface area contributed by atoms with E-state index in [4.69, 9.17) is 5.11 Å². The molecule has 0 aliphatic carbocycles. The fourth-order valence-electron chi connectivity index (χ4n) is 1.07. The molecule has 1 rings (SSSR count). The average molecular weight is 224 g/mol. The molecule has 0 aliphatic rings. The molecule has 0 bridgehead atoms. The van der Waals surface area contributed by atoms with E-state index in [9.17, 15) is 10.2 Å². The molecule has 5 nitrogen and oxygen atoms in total. The van der Waals surface area contributed by atoms with Crippen molar-refractivity contribution in [1.82, 2.24) is 0 Å². The summed E-state index contributed by atoms with van der Waals surface area (Å²) >= 11 is 0. The highest BCUT2D eigenvalue weighted by molar-refractivity contribution is 5.65. The zero-order valence-electron chi connectivity index (χ0n) is 8.99. The largest absolute Gasteiger partial charge is 0.391 e. The minimum atomic E-state index is -1.23. The summed E-state index contributed by atoms with van der Waals surface area (Å²) in [7, 11) is 0. The van der Waals surface area contributed by atoms with Gasteiger partial charge in [0.2, 0.25) is 0 Å². The van der Waals surface area contributed by atoms with E-state index in [1.54, 1.807) is 0 Å². The molecule has 0 saturated carbocycles. The van der Waals surface area contributed by atoms with E-state index in [1.165, 1.54) is 6.92 Å². The van der Waals surface area contributed by atoms with Gasteiger partial charge in [-0.25, -0.2) is 0 Å². The first-order valence-electron chi connectivity index (χ1n) is 4.99. The predicted molar refractivity (Wildman–Crippen MR) is 62.3 cm³/mol. The van der Waals surface area contributed by atoms with E-state index in [-0.39, 0.29) is 0 Å². The van der Waals surface area contributed by atoms with Crippen LogP contribution in [0.25, 0.3) is 0 Å². The van der Waals surface area contributed by atoms with Crippen molar-refractivity contribution in [1.29, 1.82) is 0 Å². The van der Waals surface area contributed by atoms with E-state index in [0.29, 0.717) is 0 Å². The van der Waals surface area contributed by atoms with Crippen LogP contribution < -0.4 is 5.43 Å². The van der Waals surface area contributed by atoms with Gasteiger partial charge in [0.15, 0.2) is 0 Å². The van der Waals surface area contributed by atoms with Gasteiger partial charge in [-0.1, -0.05) is 18.2 Å². The number of rotatable bonds is 5. The standard InChI is InChI=1S/C11H16N2O3/c1-8(14)11(16)10(15)7-12-13-9-5-3-2-4-6-9/h2-8,10-11,13-16H,1H3/t8-,10-,11-/m1/s1. The molecule has 88 valence electrons. The lowest BCUT2D eigenvalue weighted by molar-refractivity contribution is -0.0240. The second kappa shape index (κ2) is 6.22. The number of para-hydroxylation sites is 1. The van der Waals surface area contributed by atoms with Crippen LogP contribution in [0.2, 0.25) is 0 Å². The summed E-state index contributed by atoms with van der Waals surface area (Å²) in [4.78, 5) is 0. The van der Waals surface area contributed by atoms with E-state index >= 15 is 0 Å². The van der Waals surface area contributed by atoms with Gasteiger partial charge in [0.1, 0.15) is 12.2 Å². The number of nitrogens with one attached hydrogen (secondary N) is 1. The molecular formula is C11H16N2O3. The lowest BCUT2D eigenvalue weighted by Crippen LogP contribution is -2.36. The highest BCUT2D eigenvalue weighted by Crippen LogP contribution is 2.04. The first-order chi connectivity index (χ1) is 7.61. The number of hydrazone groups is 1. The minimum Gasteiger partial charge on any atom is -0.391 e. The van der Waals surface area contributed by atoms with Gasteiger partial charge in [-0.3, -0.25) is 5.43 Å². The summed E-state index contributed by atoms with van der Waals surface area (Å²) in [5.41, 5.74) is 3.46. The van der Waals surface area contributed by atoms with Crippen molar-refractivity contribution < 1.29 is 15.3 Å². The maximum atomic E-state index is 9.37. The first kappa shape index (κ1) is 12.6. The van der Waals surface area contributed by atoms with E-state index in [1.807, 2.05) is 30.3 Å². The van der Waals surface area contributed by atoms with Crippen molar-refractivity contribution in [2.24, 2.45) is 5.10 Å². The molecule has 0 fully saturated rings. The highest BCUT2D eigenvalue weighted by Gasteiger charge is 2.18. The van der Waals surface area contributed by atoms with Crippen molar-refractivity contribution in [2.45, 2.75) is 25.2 Å². The summed E-state index contributed by atoms with van der Waals surface area (Å²) in [6.45, 7) is 1.40. The number of aliphatic hydroxyl groups is 3. The Labute approximate surface area is 94.1 Å². The van der Waals surface area contributed by atoms with Crippen molar-refractivity contribution in [3.05, 3.63) is 30.3 Å². The number of hydrogen-bond donors (Lipinski definition) is 4. The molecule has 16 heavy (non-hydrogen) atoms. The van der Waals surface area contributed by atoms with E-state index < -0.39 is 18.3 Å². The summed E-state index contributed by atoms with van der Waals surface area (Å²) in [6.07, 6.45) is -2.29. The Balaban J connectivity index is 2.43. The molecule has 0 radical (unpaired) electrons. The van der Waals surface area contributed by atoms with E-state index in [0.717, 1.165) is 11.9 Å². The molecule has 1 aromatic rings. The quantitative estimate of drug-likeness (QED) is 0.425. The third-order valence-corrected chi connectivity index (χ3v) is 2.04. The van der Waals surface area contributed by atoms with Gasteiger partial charge < -0.3 is 15.3 Å². The van der Waals surface area contributed by atoms with Crippen LogP contribution in [0.15, 0.2) is 35.4 Å². The smallest absolute Gasteiger partial charge is 0.119 e. The molecular weight excluding hydrogens is 208 g/mol. The SMILES string of the molecule is C[C@@H](O)[C@@H](O)[C@H](O)C=NNc1ccccc1. The third-order valence-electron chi connectivity index (χ3n) is 2.04. The Morgan fingerprint density at radius 3 is 2.38 bits per heavy atom. The van der Waals surface area contributed by atoms with Gasteiger partial charge in [-0.05, 0) is 19.1 Å². The molecule has 0 heterocycles. The molecule has 3 atom stereocenters. The average Bonchev–Trinajstić information content (AvgIpc) is 2.29. The van der Waals surface area contributed by atoms with Gasteiger partial charge in [0.05, 0.1) is 18.0 Å². The molecule has 0 saturated heterocycles. The van der Waals surface area contributed by atoms with Crippen LogP contribution in [0.3, 0.4) is 0 Å². The Morgan fingerprint density at radius 1 is 1.19 bits per heavy atom. The first-order valence-corrected chi connectivity index (χ1v) is 4.99. The van der Waals surface area contributed by atoms with Gasteiger partial charge in [-0.15, -0.1) is 0 Å². The van der Waals surface area contributed by atoms with Crippen LogP contribution >= 0.6 is 0 Å². The van der Waals surface area contributed by atoms with Crippen LogP contribution in [-0.4, -0.2) is 39.8 Å². The fourth-order valence-corrected chi connectivity index (χ4v) is 1.07. The maximum Gasteiger partial charge on any atom is 0.119 e. The number of benzene rings is 1. The normalized spacial score (nSPS) is 17.0. The predicted octanol–water partition coefficient (Wildman–Crippen LogP) is 0.187. The second-order valence-electron chi connectivity index (χ2n) is 3.48. The molecule has 1 aromatic carbocycles. The van der Waals surface area contributed by atoms with Gasteiger partial charge >= 0.3 is 0 Å². The number of hydrogen-bond acceptors (Lipinski definition) is 5. The summed E-state index contributed by atoms with van der Waals surface area (Å²) in [6, 6.07) is 9.20. The van der Waals surface area contributed by atoms with Crippen LogP contribution in [0.1, 0.15) is 6.92 Å². The fraction of sp³-hybridized carbons (Fsp3) is 0.364. The van der Waals surface area contributed by atoms with Crippen LogP contribution in [0, 0.1) is 0 Å². The molecule has 5 heteroatoms. The second-order valence-corrected chi connectivity index (χ2v) is 3.48. The van der Waals surface area contributed by atoms with Crippen molar-refractivity contribution in [3.8, 4) is 0 Å². The zero-order valence-corrected chi connectivity index (χ0v) is 8.99. The summed E-state index contributed by atoms with van der Waals surface area (Å²) in [5, 5.41) is 31.4. The topological polar surface area (TPSA) is 85.1 Å². The lowest BCUT2D eigenvalue weighted by Gasteiger charge is -2.16. The summed E-state index contributed by atoms with van der Waals surface area (Å²) < 4.78 is 0. The van der Waals surface area contributed by atoms with Crippen molar-refractivity contribution in [3.63, 3.8) is 0 Å². The molecule has 0 amide bonds. The third kappa shape index (κ3) is 3.98. The molecule has 0 aromatic heterocycles. The van der Waals surface area contributed by atoms with Crippen LogP contribution in [0.4, 0.5) is 5.69 Å². The molecule has 0 unspecified atom stereocenters. The zero-order chi connectivity index (χ0) is 12.0. The molecule has 0 spiro atoms. The van der Waals surface area contributed by atoms with Crippen molar-refractivity contribution >= 4 is 11.9 Å². The van der Waals surface area contributed by atoms with Gasteiger partial charge in [-0.2, -0.15) is 5.10 Å². The summed E-state index contributed by atoms with van der Waals surface area (Å²) in [5.74, 6) is 0.